The molecule has 2 aliphatic rings. The first-order chi connectivity index (χ1) is 65.3. The van der Waals surface area contributed by atoms with E-state index in [4.69, 9.17) is 18.3 Å². The van der Waals surface area contributed by atoms with E-state index in [1.807, 2.05) is 24.3 Å². The molecule has 4 heterocycles. The third kappa shape index (κ3) is 12.5. The third-order valence-electron chi connectivity index (χ3n) is 27.5. The highest BCUT2D eigenvalue weighted by molar-refractivity contribution is 6.99. The normalized spacial score (nSPS) is 12.0. The van der Waals surface area contributed by atoms with Crippen LogP contribution in [-0.4, -0.2) is 13.4 Å². The first-order valence-electron chi connectivity index (χ1n) is 45.5. The van der Waals surface area contributed by atoms with E-state index in [1.54, 1.807) is 0 Å². The van der Waals surface area contributed by atoms with Gasteiger partial charge in [-0.15, -0.1) is 0 Å². The van der Waals surface area contributed by atoms with Gasteiger partial charge in [-0.1, -0.05) is 378 Å². The van der Waals surface area contributed by atoms with Gasteiger partial charge >= 0.3 is 0 Å². The Kier molecular flexibility index (Phi) is 17.9. The van der Waals surface area contributed by atoms with Crippen LogP contribution in [0.4, 0.5) is 34.1 Å². The summed E-state index contributed by atoms with van der Waals surface area (Å²) in [6.07, 6.45) is 0. The predicted octanol–water partition coefficient (Wildman–Crippen LogP) is 30.2. The summed E-state index contributed by atoms with van der Waals surface area (Å²) in [7, 11) is 0. The third-order valence-corrected chi connectivity index (χ3v) is 27.5. The molecule has 23 aromatic carbocycles. The minimum absolute atomic E-state index is 0.0123. The molecule has 0 aliphatic carbocycles. The van der Waals surface area contributed by atoms with Crippen molar-refractivity contribution in [2.75, 3.05) is 9.80 Å². The topological polar surface area (TPSA) is 51.2 Å². The predicted molar refractivity (Wildman–Crippen MR) is 558 cm³/mol. The van der Waals surface area contributed by atoms with Crippen LogP contribution in [0.3, 0.4) is 0 Å². The maximum Gasteiger partial charge on any atom is 0.242 e. The van der Waals surface area contributed by atoms with E-state index < -0.39 is 0 Å². The number of benzene rings is 23. The number of ether oxygens (including phenoxy) is 2. The number of furan rings is 2. The van der Waals surface area contributed by atoms with Gasteiger partial charge in [-0.2, -0.15) is 0 Å². The standard InChI is InChI=1S/C66H44BNO2.C58H36BNO2/c1-41-35-42(2)37-45(36-41)67(58-28-14-20-43-19-6-7-21-47(43)58)59-40-56-53-26-16-32-63-65(53)57(39-55(56)49-23-8-9-24-50(49)59)52-34-33-46(38-64(52)69-63)68(60-29-12-10-22-48(60)44-17-4-3-5-18-44)61-30-15-27-54-51-25-11-13-31-62(51)70-66(54)61;1-3-17-38(18-4-1)59(52-26-13-16-37-15-7-8-21-42(37)52)53-36-49-47-25-14-28-56-58(47)51(35-48(49)43-22-9-10-23-44(43)53)46-31-29-41(34-57(46)62-56)60(39-19-5-2-6-20-39)40-30-32-55-50(33-40)45-24-11-12-27-54(45)61-55/h3-40H,1-2H3;1-36H. The molecule has 27 rings (SSSR count). The SMILES string of the molecule is Cc1cc(C)cc(B(c2cccc3ccccc23)c2cc3c4cccc5c4c(cc3c3ccccc23)-c2ccc(N(c3ccccc3-c3ccccc3)c3cccc4c3oc3ccccc34)cc2O5)c1.c1ccc(B(c2cccc3ccccc23)c2cc3c4cccc5c4c(cc3c3ccccc23)-c2ccc(N(c3ccccc3)c3ccc4oc6ccccc6c4c3)cc2O5)cc1. The van der Waals surface area contributed by atoms with Crippen molar-refractivity contribution in [3.05, 3.63) is 460 Å². The quantitative estimate of drug-likeness (QED) is 0.0847. The molecular weight excluding hydrogens is 1600 g/mol. The molecule has 25 aromatic rings. The van der Waals surface area contributed by atoms with Crippen LogP contribution in [-0.2, 0) is 0 Å². The van der Waals surface area contributed by atoms with Crippen LogP contribution in [0.2, 0.25) is 0 Å². The van der Waals surface area contributed by atoms with E-state index in [0.717, 1.165) is 134 Å². The Morgan fingerprint density at radius 3 is 1.22 bits per heavy atom. The molecule has 2 aliphatic heterocycles. The Morgan fingerprint density at radius 1 is 0.205 bits per heavy atom. The van der Waals surface area contributed by atoms with E-state index in [0.29, 0.717) is 0 Å². The van der Waals surface area contributed by atoms with Gasteiger partial charge in [0.25, 0.3) is 0 Å². The van der Waals surface area contributed by atoms with Crippen molar-refractivity contribution in [3.63, 3.8) is 0 Å². The average Bonchev–Trinajstić information content (AvgIpc) is 0.995. The molecule has 0 N–H and O–H groups in total. The van der Waals surface area contributed by atoms with Crippen molar-refractivity contribution >= 4 is 210 Å². The molecule has 0 saturated heterocycles. The largest absolute Gasteiger partial charge is 0.456 e. The molecule has 132 heavy (non-hydrogen) atoms. The maximum absolute atomic E-state index is 7.14. The van der Waals surface area contributed by atoms with Gasteiger partial charge < -0.3 is 28.1 Å². The van der Waals surface area contributed by atoms with Crippen molar-refractivity contribution in [2.24, 2.45) is 0 Å². The lowest BCUT2D eigenvalue weighted by atomic mass is 9.35. The van der Waals surface area contributed by atoms with Crippen LogP contribution >= 0.6 is 0 Å². The molecule has 2 aromatic heterocycles. The lowest BCUT2D eigenvalue weighted by Gasteiger charge is -2.30. The van der Waals surface area contributed by atoms with E-state index in [9.17, 15) is 0 Å². The fourth-order valence-electron chi connectivity index (χ4n) is 21.9. The monoisotopic (exact) mass is 1680 g/mol. The van der Waals surface area contributed by atoms with E-state index in [-0.39, 0.29) is 13.4 Å². The summed E-state index contributed by atoms with van der Waals surface area (Å²) < 4.78 is 27.1. The number of rotatable bonds is 13. The van der Waals surface area contributed by atoms with Crippen LogP contribution in [0.1, 0.15) is 11.1 Å². The average molecular weight is 1680 g/mol. The molecule has 0 saturated carbocycles. The second-order valence-corrected chi connectivity index (χ2v) is 35.2. The summed E-state index contributed by atoms with van der Waals surface area (Å²) in [5.41, 5.74) is 26.5. The number of nitrogens with zero attached hydrogens (tertiary/aromatic N) is 2. The Bertz CT molecular complexity index is 9030. The number of anilines is 6. The number of fused-ring (bicyclic) bond motifs is 20. The molecule has 0 amide bonds. The molecule has 0 radical (unpaired) electrons. The van der Waals surface area contributed by atoms with Gasteiger partial charge in [-0.05, 0) is 209 Å². The zero-order chi connectivity index (χ0) is 87.2. The molecule has 0 bridgehead atoms. The summed E-state index contributed by atoms with van der Waals surface area (Å²) >= 11 is 0. The fraction of sp³-hybridized carbons (Fsp3) is 0.0161. The summed E-state index contributed by atoms with van der Waals surface area (Å²) in [5.74, 6) is 3.36. The second-order valence-electron chi connectivity index (χ2n) is 35.2. The molecule has 0 unspecified atom stereocenters. The van der Waals surface area contributed by atoms with E-state index in [2.05, 4.69) is 448 Å². The zero-order valence-corrected chi connectivity index (χ0v) is 72.4. The van der Waals surface area contributed by atoms with Crippen molar-refractivity contribution in [1.29, 1.82) is 0 Å². The lowest BCUT2D eigenvalue weighted by molar-refractivity contribution is 0.487. The van der Waals surface area contributed by atoms with Gasteiger partial charge in [-0.25, -0.2) is 0 Å². The van der Waals surface area contributed by atoms with E-state index >= 15 is 0 Å². The van der Waals surface area contributed by atoms with Crippen LogP contribution < -0.4 is 52.1 Å². The molecule has 616 valence electrons. The van der Waals surface area contributed by atoms with Gasteiger partial charge in [0, 0.05) is 78.2 Å². The Morgan fingerprint density at radius 2 is 0.621 bits per heavy atom. The molecule has 6 nitrogen and oxygen atoms in total. The van der Waals surface area contributed by atoms with Crippen LogP contribution in [0.5, 0.6) is 23.0 Å². The minimum Gasteiger partial charge on any atom is -0.456 e. The van der Waals surface area contributed by atoms with Crippen molar-refractivity contribution in [2.45, 2.75) is 13.8 Å². The molecule has 0 atom stereocenters. The Hall–Kier alpha value is -16.9. The highest BCUT2D eigenvalue weighted by Crippen LogP contribution is 2.55. The first-order valence-corrected chi connectivity index (χ1v) is 45.5. The van der Waals surface area contributed by atoms with E-state index in [1.165, 1.54) is 130 Å². The number of aryl methyl sites for hydroxylation is 2. The van der Waals surface area contributed by atoms with Crippen LogP contribution in [0, 0.1) is 13.8 Å². The highest BCUT2D eigenvalue weighted by Gasteiger charge is 2.34. The number of hydrogen-bond donors (Lipinski definition) is 0. The van der Waals surface area contributed by atoms with Gasteiger partial charge in [0.2, 0.25) is 13.4 Å². The zero-order valence-electron chi connectivity index (χ0n) is 72.4. The van der Waals surface area contributed by atoms with Crippen molar-refractivity contribution in [3.8, 4) is 56.4 Å². The smallest absolute Gasteiger partial charge is 0.242 e. The van der Waals surface area contributed by atoms with Crippen LogP contribution in [0.25, 0.3) is 163 Å². The maximum atomic E-state index is 7.14. The summed E-state index contributed by atoms with van der Waals surface area (Å²) in [4.78, 5) is 4.64. The lowest BCUT2D eigenvalue weighted by Crippen LogP contribution is -2.52. The van der Waals surface area contributed by atoms with Crippen LogP contribution in [0.15, 0.2) is 458 Å². The molecule has 0 fully saturated rings. The summed E-state index contributed by atoms with van der Waals surface area (Å²) in [6.45, 7) is 4.43. The second kappa shape index (κ2) is 31.0. The minimum atomic E-state index is -0.0133. The summed E-state index contributed by atoms with van der Waals surface area (Å²) in [6, 6.07) is 163. The highest BCUT2D eigenvalue weighted by atomic mass is 16.5. The van der Waals surface area contributed by atoms with Gasteiger partial charge in [-0.3, -0.25) is 0 Å². The van der Waals surface area contributed by atoms with Gasteiger partial charge in [0.15, 0.2) is 5.58 Å². The fourth-order valence-corrected chi connectivity index (χ4v) is 21.9. The molecule has 8 heteroatoms. The van der Waals surface area contributed by atoms with Crippen molar-refractivity contribution < 1.29 is 18.3 Å². The first kappa shape index (κ1) is 76.3. The molecular formula is C124H80B2N2O4. The van der Waals surface area contributed by atoms with Gasteiger partial charge in [0.05, 0.1) is 17.1 Å². The Balaban J connectivity index is 0.000000139. The number of hydrogen-bond acceptors (Lipinski definition) is 6. The van der Waals surface area contributed by atoms with Crippen molar-refractivity contribution in [1.82, 2.24) is 0 Å². The van der Waals surface area contributed by atoms with Gasteiger partial charge in [0.1, 0.15) is 39.7 Å². The Labute approximate surface area is 763 Å². The summed E-state index contributed by atoms with van der Waals surface area (Å²) in [5, 5.41) is 23.9. The number of para-hydroxylation sites is 5. The molecule has 0 spiro atoms.